The number of rotatable bonds is 5. The molecule has 0 atom stereocenters. The number of hydrogen-bond donors (Lipinski definition) is 0. The lowest BCUT2D eigenvalue weighted by Crippen LogP contribution is -2.48. The van der Waals surface area contributed by atoms with Crippen LogP contribution < -0.4 is 0 Å². The van der Waals surface area contributed by atoms with Gasteiger partial charge in [0.1, 0.15) is 0 Å². The molecule has 3 rings (SSSR count). The second-order valence-corrected chi connectivity index (χ2v) is 7.37. The molecule has 1 saturated heterocycles. The van der Waals surface area contributed by atoms with Crippen LogP contribution in [-0.2, 0) is 11.3 Å². The van der Waals surface area contributed by atoms with Crippen LogP contribution in [0.4, 0.5) is 0 Å². The number of nitrogens with zero attached hydrogens (tertiary/aromatic N) is 2. The Bertz CT molecular complexity index is 655. The van der Waals surface area contributed by atoms with Gasteiger partial charge in [-0.25, -0.2) is 0 Å². The number of halogens is 1. The van der Waals surface area contributed by atoms with Crippen LogP contribution in [-0.4, -0.2) is 47.6 Å². The van der Waals surface area contributed by atoms with Gasteiger partial charge in [0.2, 0.25) is 5.91 Å². The van der Waals surface area contributed by atoms with Crippen molar-refractivity contribution in [3.63, 3.8) is 0 Å². The van der Waals surface area contributed by atoms with Gasteiger partial charge >= 0.3 is 0 Å². The number of piperazine rings is 1. The van der Waals surface area contributed by atoms with Gasteiger partial charge in [-0.15, -0.1) is 11.8 Å². The van der Waals surface area contributed by atoms with Gasteiger partial charge in [-0.3, -0.25) is 9.69 Å². The molecule has 0 aromatic heterocycles. The summed E-state index contributed by atoms with van der Waals surface area (Å²) in [6, 6.07) is 18.1. The first-order valence-corrected chi connectivity index (χ1v) is 9.49. The number of benzene rings is 2. The molecular weight excluding hydrogens is 340 g/mol. The highest BCUT2D eigenvalue weighted by Gasteiger charge is 2.21. The zero-order valence-corrected chi connectivity index (χ0v) is 15.1. The highest BCUT2D eigenvalue weighted by atomic mass is 35.5. The van der Waals surface area contributed by atoms with Crippen LogP contribution in [0.25, 0.3) is 0 Å². The fraction of sp³-hybridized carbons (Fsp3) is 0.316. The summed E-state index contributed by atoms with van der Waals surface area (Å²) in [5.41, 5.74) is 1.33. The first-order chi connectivity index (χ1) is 11.7. The van der Waals surface area contributed by atoms with E-state index in [2.05, 4.69) is 29.2 Å². The van der Waals surface area contributed by atoms with E-state index in [4.69, 9.17) is 11.6 Å². The summed E-state index contributed by atoms with van der Waals surface area (Å²) in [6.07, 6.45) is 0. The summed E-state index contributed by atoms with van der Waals surface area (Å²) in [5.74, 6) is 0.703. The molecule has 2 aromatic carbocycles. The first-order valence-electron chi connectivity index (χ1n) is 8.13. The minimum atomic E-state index is 0.217. The van der Waals surface area contributed by atoms with Crippen molar-refractivity contribution in [3.8, 4) is 0 Å². The van der Waals surface area contributed by atoms with E-state index >= 15 is 0 Å². The summed E-state index contributed by atoms with van der Waals surface area (Å²) in [5, 5.41) is 0.722. The normalized spacial score (nSPS) is 15.5. The lowest BCUT2D eigenvalue weighted by molar-refractivity contribution is -0.130. The average molecular weight is 361 g/mol. The molecule has 24 heavy (non-hydrogen) atoms. The van der Waals surface area contributed by atoms with Gasteiger partial charge in [-0.2, -0.15) is 0 Å². The number of thioether (sulfide) groups is 1. The molecule has 3 nitrogen and oxygen atoms in total. The molecule has 1 aliphatic heterocycles. The molecule has 0 bridgehead atoms. The van der Waals surface area contributed by atoms with Crippen molar-refractivity contribution in [2.75, 3.05) is 31.9 Å². The maximum absolute atomic E-state index is 12.4. The minimum absolute atomic E-state index is 0.217. The summed E-state index contributed by atoms with van der Waals surface area (Å²) >= 11 is 7.45. The molecule has 1 aliphatic rings. The Labute approximate surface area is 152 Å². The van der Waals surface area contributed by atoms with E-state index in [0.717, 1.165) is 42.6 Å². The predicted molar refractivity (Wildman–Crippen MR) is 100 cm³/mol. The molecule has 0 radical (unpaired) electrons. The van der Waals surface area contributed by atoms with Crippen molar-refractivity contribution in [2.24, 2.45) is 0 Å². The molecule has 0 saturated carbocycles. The van der Waals surface area contributed by atoms with Gasteiger partial charge in [0.25, 0.3) is 0 Å². The van der Waals surface area contributed by atoms with Crippen molar-refractivity contribution in [2.45, 2.75) is 11.4 Å². The molecule has 126 valence electrons. The highest BCUT2D eigenvalue weighted by molar-refractivity contribution is 8.00. The van der Waals surface area contributed by atoms with Crippen LogP contribution >= 0.6 is 23.4 Å². The van der Waals surface area contributed by atoms with Crippen molar-refractivity contribution >= 4 is 29.3 Å². The van der Waals surface area contributed by atoms with E-state index in [1.807, 2.05) is 35.2 Å². The fourth-order valence-corrected chi connectivity index (χ4v) is 3.69. The second kappa shape index (κ2) is 8.56. The summed E-state index contributed by atoms with van der Waals surface area (Å²) in [7, 11) is 0. The molecule has 1 heterocycles. The number of amides is 1. The van der Waals surface area contributed by atoms with E-state index in [1.165, 1.54) is 5.56 Å². The van der Waals surface area contributed by atoms with Gasteiger partial charge in [-0.05, 0) is 29.8 Å². The number of carbonyl (C=O) groups excluding carboxylic acids is 1. The van der Waals surface area contributed by atoms with Gasteiger partial charge in [0.15, 0.2) is 0 Å². The molecule has 0 spiro atoms. The van der Waals surface area contributed by atoms with Crippen molar-refractivity contribution in [1.29, 1.82) is 0 Å². The Morgan fingerprint density at radius 3 is 2.29 bits per heavy atom. The third-order valence-electron chi connectivity index (χ3n) is 4.15. The van der Waals surface area contributed by atoms with Crippen LogP contribution in [0.15, 0.2) is 59.5 Å². The standard InChI is InChI=1S/C19H21ClN2OS/c20-17-6-8-18(9-7-17)24-15-19(23)22-12-10-21(11-13-22)14-16-4-2-1-3-5-16/h1-9H,10-15H2. The number of carbonyl (C=O) groups is 1. The first kappa shape index (κ1) is 17.3. The Balaban J connectivity index is 1.42. The summed E-state index contributed by atoms with van der Waals surface area (Å²) in [4.78, 5) is 17.8. The predicted octanol–water partition coefficient (Wildman–Crippen LogP) is 3.78. The molecule has 0 N–H and O–H groups in total. The van der Waals surface area contributed by atoms with Crippen LogP contribution in [0.3, 0.4) is 0 Å². The van der Waals surface area contributed by atoms with E-state index in [1.54, 1.807) is 11.8 Å². The molecular formula is C19H21ClN2OS. The Hall–Kier alpha value is -1.49. The molecule has 1 amide bonds. The van der Waals surface area contributed by atoms with Gasteiger partial charge < -0.3 is 4.90 Å². The Kier molecular flexibility index (Phi) is 6.18. The average Bonchev–Trinajstić information content (AvgIpc) is 2.62. The lowest BCUT2D eigenvalue weighted by atomic mass is 10.2. The van der Waals surface area contributed by atoms with E-state index in [-0.39, 0.29) is 5.91 Å². The smallest absolute Gasteiger partial charge is 0.233 e. The van der Waals surface area contributed by atoms with Crippen LogP contribution in [0.1, 0.15) is 5.56 Å². The summed E-state index contributed by atoms with van der Waals surface area (Å²) in [6.45, 7) is 4.46. The molecule has 5 heteroatoms. The summed E-state index contributed by atoms with van der Waals surface area (Å²) < 4.78 is 0. The third kappa shape index (κ3) is 5.00. The molecule has 2 aromatic rings. The largest absolute Gasteiger partial charge is 0.339 e. The maximum Gasteiger partial charge on any atom is 0.233 e. The quantitative estimate of drug-likeness (QED) is 0.758. The molecule has 1 fully saturated rings. The lowest BCUT2D eigenvalue weighted by Gasteiger charge is -2.34. The van der Waals surface area contributed by atoms with E-state index in [9.17, 15) is 4.79 Å². The highest BCUT2D eigenvalue weighted by Crippen LogP contribution is 2.21. The SMILES string of the molecule is O=C(CSc1ccc(Cl)cc1)N1CCN(Cc2ccccc2)CC1. The van der Waals surface area contributed by atoms with Gasteiger partial charge in [-0.1, -0.05) is 41.9 Å². The van der Waals surface area contributed by atoms with Crippen molar-refractivity contribution < 1.29 is 4.79 Å². The van der Waals surface area contributed by atoms with Crippen LogP contribution in [0.5, 0.6) is 0 Å². The third-order valence-corrected chi connectivity index (χ3v) is 5.40. The Morgan fingerprint density at radius 1 is 0.958 bits per heavy atom. The zero-order valence-electron chi connectivity index (χ0n) is 13.5. The van der Waals surface area contributed by atoms with Crippen LogP contribution in [0.2, 0.25) is 5.02 Å². The van der Waals surface area contributed by atoms with Gasteiger partial charge in [0.05, 0.1) is 5.75 Å². The zero-order chi connectivity index (χ0) is 16.8. The minimum Gasteiger partial charge on any atom is -0.339 e. The fourth-order valence-electron chi connectivity index (χ4n) is 2.76. The van der Waals surface area contributed by atoms with E-state index < -0.39 is 0 Å². The molecule has 0 aliphatic carbocycles. The van der Waals surface area contributed by atoms with Crippen LogP contribution in [0, 0.1) is 0 Å². The van der Waals surface area contributed by atoms with E-state index in [0.29, 0.717) is 5.75 Å². The van der Waals surface area contributed by atoms with Crippen molar-refractivity contribution in [1.82, 2.24) is 9.80 Å². The van der Waals surface area contributed by atoms with Crippen molar-refractivity contribution in [3.05, 3.63) is 65.2 Å². The topological polar surface area (TPSA) is 23.6 Å². The molecule has 0 unspecified atom stereocenters. The number of hydrogen-bond acceptors (Lipinski definition) is 3. The second-order valence-electron chi connectivity index (χ2n) is 5.89. The maximum atomic E-state index is 12.4. The van der Waals surface area contributed by atoms with Gasteiger partial charge in [0, 0.05) is 42.6 Å². The Morgan fingerprint density at radius 2 is 1.62 bits per heavy atom. The monoisotopic (exact) mass is 360 g/mol.